The summed E-state index contributed by atoms with van der Waals surface area (Å²) in [5, 5.41) is 3.30. The molecule has 0 fully saturated rings. The van der Waals surface area contributed by atoms with E-state index in [0.717, 1.165) is 11.3 Å². The Kier molecular flexibility index (Phi) is 3.37. The lowest BCUT2D eigenvalue weighted by Gasteiger charge is -2.11. The third kappa shape index (κ3) is 2.70. The molecule has 1 N–H and O–H groups in total. The van der Waals surface area contributed by atoms with Crippen LogP contribution in [0.5, 0.6) is 0 Å². The Labute approximate surface area is 94.1 Å². The van der Waals surface area contributed by atoms with Gasteiger partial charge in [0.1, 0.15) is 11.6 Å². The molecule has 2 aromatic rings. The van der Waals surface area contributed by atoms with Gasteiger partial charge in [-0.25, -0.2) is 4.39 Å². The lowest BCUT2D eigenvalue weighted by Crippen LogP contribution is -2.17. The number of rotatable bonds is 4. The first-order chi connectivity index (χ1) is 7.75. The predicted molar refractivity (Wildman–Crippen MR) is 60.4 cm³/mol. The van der Waals surface area contributed by atoms with E-state index in [1.807, 2.05) is 19.1 Å². The van der Waals surface area contributed by atoms with Crippen molar-refractivity contribution in [3.05, 3.63) is 59.8 Å². The maximum atomic E-state index is 12.7. The third-order valence-corrected chi connectivity index (χ3v) is 2.50. The van der Waals surface area contributed by atoms with Crippen molar-refractivity contribution in [1.82, 2.24) is 5.32 Å². The third-order valence-electron chi connectivity index (χ3n) is 2.50. The zero-order valence-electron chi connectivity index (χ0n) is 9.11. The number of halogens is 1. The monoisotopic (exact) mass is 219 g/mol. The zero-order chi connectivity index (χ0) is 11.4. The second-order valence-corrected chi connectivity index (χ2v) is 3.74. The van der Waals surface area contributed by atoms with Crippen molar-refractivity contribution < 1.29 is 8.81 Å². The van der Waals surface area contributed by atoms with E-state index in [4.69, 9.17) is 4.42 Å². The molecule has 2 nitrogen and oxygen atoms in total. The molecular weight excluding hydrogens is 205 g/mol. The minimum absolute atomic E-state index is 0.153. The molecule has 1 atom stereocenters. The van der Waals surface area contributed by atoms with E-state index in [0.29, 0.717) is 6.54 Å². The Morgan fingerprint density at radius 3 is 2.62 bits per heavy atom. The van der Waals surface area contributed by atoms with Gasteiger partial charge in [-0.1, -0.05) is 12.1 Å². The number of furan rings is 1. The standard InChI is InChI=1S/C13H14FNO/c1-10(13-3-2-8-16-13)15-9-11-4-6-12(14)7-5-11/h2-8,10,15H,9H2,1H3/t10-/m1/s1. The lowest BCUT2D eigenvalue weighted by atomic mass is 10.2. The first-order valence-corrected chi connectivity index (χ1v) is 5.27. The summed E-state index contributed by atoms with van der Waals surface area (Å²) in [6, 6.07) is 10.4. The first kappa shape index (κ1) is 10.9. The van der Waals surface area contributed by atoms with Crippen LogP contribution < -0.4 is 5.32 Å². The summed E-state index contributed by atoms with van der Waals surface area (Å²) in [5.41, 5.74) is 1.06. The summed E-state index contributed by atoms with van der Waals surface area (Å²) in [7, 11) is 0. The van der Waals surface area contributed by atoms with Crippen molar-refractivity contribution in [3.8, 4) is 0 Å². The highest BCUT2D eigenvalue weighted by atomic mass is 19.1. The van der Waals surface area contributed by atoms with Crippen LogP contribution in [0.3, 0.4) is 0 Å². The minimum atomic E-state index is -0.206. The molecule has 0 amide bonds. The first-order valence-electron chi connectivity index (χ1n) is 5.27. The highest BCUT2D eigenvalue weighted by Crippen LogP contribution is 2.13. The molecule has 1 aromatic heterocycles. The van der Waals surface area contributed by atoms with Crippen LogP contribution in [0.15, 0.2) is 47.1 Å². The van der Waals surface area contributed by atoms with Gasteiger partial charge in [0.05, 0.1) is 12.3 Å². The van der Waals surface area contributed by atoms with Crippen molar-refractivity contribution in [2.24, 2.45) is 0 Å². The summed E-state index contributed by atoms with van der Waals surface area (Å²) >= 11 is 0. The van der Waals surface area contributed by atoms with Gasteiger partial charge >= 0.3 is 0 Å². The van der Waals surface area contributed by atoms with E-state index in [1.165, 1.54) is 12.1 Å². The second kappa shape index (κ2) is 4.94. The average molecular weight is 219 g/mol. The highest BCUT2D eigenvalue weighted by Gasteiger charge is 2.06. The minimum Gasteiger partial charge on any atom is -0.468 e. The van der Waals surface area contributed by atoms with Crippen molar-refractivity contribution in [2.45, 2.75) is 19.5 Å². The van der Waals surface area contributed by atoms with E-state index < -0.39 is 0 Å². The van der Waals surface area contributed by atoms with E-state index in [-0.39, 0.29) is 11.9 Å². The summed E-state index contributed by atoms with van der Waals surface area (Å²) in [5.74, 6) is 0.699. The Bertz CT molecular complexity index is 422. The Morgan fingerprint density at radius 1 is 1.25 bits per heavy atom. The number of hydrogen-bond acceptors (Lipinski definition) is 2. The molecule has 1 aromatic carbocycles. The molecule has 0 aliphatic rings. The highest BCUT2D eigenvalue weighted by molar-refractivity contribution is 5.16. The van der Waals surface area contributed by atoms with Gasteiger partial charge in [0.25, 0.3) is 0 Å². The fourth-order valence-corrected chi connectivity index (χ4v) is 1.51. The van der Waals surface area contributed by atoms with E-state index in [9.17, 15) is 4.39 Å². The molecular formula is C13H14FNO. The van der Waals surface area contributed by atoms with Gasteiger partial charge < -0.3 is 9.73 Å². The Morgan fingerprint density at radius 2 is 2.00 bits per heavy atom. The number of benzene rings is 1. The van der Waals surface area contributed by atoms with Gasteiger partial charge in [-0.3, -0.25) is 0 Å². The molecule has 0 unspecified atom stereocenters. The summed E-state index contributed by atoms with van der Waals surface area (Å²) in [6.07, 6.45) is 1.66. The van der Waals surface area contributed by atoms with Gasteiger partial charge in [0, 0.05) is 6.54 Å². The van der Waals surface area contributed by atoms with Gasteiger partial charge in [-0.2, -0.15) is 0 Å². The fraction of sp³-hybridized carbons (Fsp3) is 0.231. The molecule has 0 bridgehead atoms. The Balaban J connectivity index is 1.90. The van der Waals surface area contributed by atoms with Crippen LogP contribution in [-0.4, -0.2) is 0 Å². The lowest BCUT2D eigenvalue weighted by molar-refractivity contribution is 0.430. The van der Waals surface area contributed by atoms with Gasteiger partial charge in [-0.15, -0.1) is 0 Å². The maximum Gasteiger partial charge on any atom is 0.123 e. The summed E-state index contributed by atoms with van der Waals surface area (Å²) < 4.78 is 18.0. The second-order valence-electron chi connectivity index (χ2n) is 3.74. The molecule has 3 heteroatoms. The van der Waals surface area contributed by atoms with Crippen LogP contribution in [-0.2, 0) is 6.54 Å². The van der Waals surface area contributed by atoms with Gasteiger partial charge in [0.2, 0.25) is 0 Å². The van der Waals surface area contributed by atoms with Crippen molar-refractivity contribution in [1.29, 1.82) is 0 Å². The van der Waals surface area contributed by atoms with Gasteiger partial charge in [0.15, 0.2) is 0 Å². The molecule has 0 aliphatic heterocycles. The molecule has 0 aliphatic carbocycles. The van der Waals surface area contributed by atoms with E-state index >= 15 is 0 Å². The topological polar surface area (TPSA) is 25.2 Å². The molecule has 0 radical (unpaired) electrons. The molecule has 16 heavy (non-hydrogen) atoms. The molecule has 0 saturated carbocycles. The SMILES string of the molecule is C[C@@H](NCc1ccc(F)cc1)c1ccco1. The largest absolute Gasteiger partial charge is 0.468 e. The smallest absolute Gasteiger partial charge is 0.123 e. The van der Waals surface area contributed by atoms with Crippen LogP contribution >= 0.6 is 0 Å². The predicted octanol–water partition coefficient (Wildman–Crippen LogP) is 3.27. The van der Waals surface area contributed by atoms with E-state index in [1.54, 1.807) is 18.4 Å². The molecule has 2 rings (SSSR count). The maximum absolute atomic E-state index is 12.7. The molecule has 84 valence electrons. The van der Waals surface area contributed by atoms with Crippen LogP contribution in [0.1, 0.15) is 24.3 Å². The normalized spacial score (nSPS) is 12.6. The molecule has 0 spiro atoms. The zero-order valence-corrected chi connectivity index (χ0v) is 9.11. The van der Waals surface area contributed by atoms with Crippen molar-refractivity contribution in [3.63, 3.8) is 0 Å². The number of nitrogens with one attached hydrogen (secondary N) is 1. The van der Waals surface area contributed by atoms with Gasteiger partial charge in [-0.05, 0) is 36.8 Å². The molecule has 0 saturated heterocycles. The quantitative estimate of drug-likeness (QED) is 0.853. The van der Waals surface area contributed by atoms with Crippen molar-refractivity contribution >= 4 is 0 Å². The number of hydrogen-bond donors (Lipinski definition) is 1. The fourth-order valence-electron chi connectivity index (χ4n) is 1.51. The average Bonchev–Trinajstić information content (AvgIpc) is 2.81. The van der Waals surface area contributed by atoms with E-state index in [2.05, 4.69) is 5.32 Å². The van der Waals surface area contributed by atoms with Crippen LogP contribution in [0.4, 0.5) is 4.39 Å². The van der Waals surface area contributed by atoms with Crippen molar-refractivity contribution in [2.75, 3.05) is 0 Å². The van der Waals surface area contributed by atoms with Crippen LogP contribution in [0.25, 0.3) is 0 Å². The van der Waals surface area contributed by atoms with Crippen LogP contribution in [0, 0.1) is 5.82 Å². The molecule has 1 heterocycles. The summed E-state index contributed by atoms with van der Waals surface area (Å²) in [4.78, 5) is 0. The summed E-state index contributed by atoms with van der Waals surface area (Å²) in [6.45, 7) is 2.73. The van der Waals surface area contributed by atoms with Crippen LogP contribution in [0.2, 0.25) is 0 Å². The Hall–Kier alpha value is -1.61.